The normalized spacial score (nSPS) is 15.8. The highest BCUT2D eigenvalue weighted by molar-refractivity contribution is 5.89. The van der Waals surface area contributed by atoms with Crippen LogP contribution in [-0.4, -0.2) is 26.5 Å². The maximum absolute atomic E-state index is 11.7. The molecule has 4 nitrogen and oxygen atoms in total. The molecule has 0 bridgehead atoms. The van der Waals surface area contributed by atoms with E-state index in [1.165, 1.54) is 23.1 Å². The maximum Gasteiger partial charge on any atom is 0.384 e. The largest absolute Gasteiger partial charge is 0.467 e. The first-order valence-electron chi connectivity index (χ1n) is 11.2. The van der Waals surface area contributed by atoms with E-state index < -0.39 is 5.97 Å². The van der Waals surface area contributed by atoms with Gasteiger partial charge in [0.15, 0.2) is 6.79 Å². The van der Waals surface area contributed by atoms with E-state index >= 15 is 0 Å². The van der Waals surface area contributed by atoms with Crippen molar-refractivity contribution in [2.75, 3.05) is 20.5 Å². The molecule has 2 aromatic carbocycles. The molecule has 0 aliphatic heterocycles. The Bertz CT molecular complexity index is 1070. The van der Waals surface area contributed by atoms with Crippen LogP contribution in [0.25, 0.3) is 11.1 Å². The van der Waals surface area contributed by atoms with Crippen molar-refractivity contribution in [1.29, 1.82) is 0 Å². The maximum atomic E-state index is 11.7. The number of aryl methyl sites for hydroxylation is 1. The van der Waals surface area contributed by atoms with E-state index in [4.69, 9.17) is 14.2 Å². The first-order valence-corrected chi connectivity index (χ1v) is 11.2. The second-order valence-electron chi connectivity index (χ2n) is 9.71. The van der Waals surface area contributed by atoms with Crippen LogP contribution >= 0.6 is 0 Å². The summed E-state index contributed by atoms with van der Waals surface area (Å²) in [4.78, 5) is 11.7. The Kier molecular flexibility index (Phi) is 7.00. The molecule has 0 radical (unpaired) electrons. The molecule has 0 atom stereocenters. The van der Waals surface area contributed by atoms with Gasteiger partial charge < -0.3 is 14.2 Å². The average Bonchev–Trinajstić information content (AvgIpc) is 2.74. The summed E-state index contributed by atoms with van der Waals surface area (Å²) in [6.45, 7) is 13.7. The zero-order valence-corrected chi connectivity index (χ0v) is 20.3. The number of ether oxygens (including phenoxy) is 3. The van der Waals surface area contributed by atoms with Gasteiger partial charge in [0.05, 0.1) is 6.61 Å². The Morgan fingerprint density at radius 1 is 1.00 bits per heavy atom. The summed E-state index contributed by atoms with van der Waals surface area (Å²) in [6.07, 6.45) is 2.32. The molecule has 170 valence electrons. The highest BCUT2D eigenvalue weighted by atomic mass is 16.7. The molecule has 4 heteroatoms. The fourth-order valence-corrected chi connectivity index (χ4v) is 4.37. The van der Waals surface area contributed by atoms with Gasteiger partial charge in [-0.3, -0.25) is 0 Å². The highest BCUT2D eigenvalue weighted by Gasteiger charge is 2.37. The van der Waals surface area contributed by atoms with Gasteiger partial charge in [0.25, 0.3) is 0 Å². The van der Waals surface area contributed by atoms with Crippen molar-refractivity contribution in [2.24, 2.45) is 0 Å². The molecule has 1 aliphatic carbocycles. The van der Waals surface area contributed by atoms with Crippen molar-refractivity contribution in [3.8, 4) is 28.7 Å². The van der Waals surface area contributed by atoms with Crippen molar-refractivity contribution >= 4 is 5.97 Å². The Labute approximate surface area is 192 Å². The minimum Gasteiger partial charge on any atom is -0.467 e. The predicted octanol–water partition coefficient (Wildman–Crippen LogP) is 5.91. The summed E-state index contributed by atoms with van der Waals surface area (Å²) in [5.74, 6) is 5.68. The summed E-state index contributed by atoms with van der Waals surface area (Å²) in [6, 6.07) is 10.4. The number of rotatable bonds is 5. The van der Waals surface area contributed by atoms with Gasteiger partial charge >= 0.3 is 5.97 Å². The number of esters is 1. The van der Waals surface area contributed by atoms with Crippen molar-refractivity contribution in [3.05, 3.63) is 52.6 Å². The molecule has 0 N–H and O–H groups in total. The quantitative estimate of drug-likeness (QED) is 0.333. The number of carbonyl (C=O) groups excluding carboxylic acids is 1. The first-order chi connectivity index (χ1) is 15.1. The standard InChI is InChI=1S/C28H34O4/c1-8-31-26(29)12-10-20-9-11-25(32-18-30-7)22(16-20)21-17-24-23(15-19(21)2)27(3,4)13-14-28(24,5)6/h9,11,15-17H,8,13-14,18H2,1-7H3. The summed E-state index contributed by atoms with van der Waals surface area (Å²) in [5, 5.41) is 0. The van der Waals surface area contributed by atoms with Crippen LogP contribution in [0, 0.1) is 18.8 Å². The molecule has 2 aromatic rings. The number of carbonyl (C=O) groups is 1. The third-order valence-electron chi connectivity index (χ3n) is 6.38. The van der Waals surface area contributed by atoms with Crippen molar-refractivity contribution in [2.45, 2.75) is 65.2 Å². The van der Waals surface area contributed by atoms with Gasteiger partial charge in [-0.1, -0.05) is 39.7 Å². The molecular weight excluding hydrogens is 400 g/mol. The van der Waals surface area contributed by atoms with Crippen LogP contribution in [0.15, 0.2) is 30.3 Å². The number of benzene rings is 2. The van der Waals surface area contributed by atoms with E-state index in [9.17, 15) is 4.79 Å². The second kappa shape index (κ2) is 9.38. The Morgan fingerprint density at radius 3 is 2.28 bits per heavy atom. The Morgan fingerprint density at radius 2 is 1.66 bits per heavy atom. The van der Waals surface area contributed by atoms with E-state index in [0.29, 0.717) is 6.61 Å². The fourth-order valence-electron chi connectivity index (χ4n) is 4.37. The number of hydrogen-bond acceptors (Lipinski definition) is 4. The summed E-state index contributed by atoms with van der Waals surface area (Å²) < 4.78 is 16.0. The number of fused-ring (bicyclic) bond motifs is 1. The molecule has 0 saturated heterocycles. The van der Waals surface area contributed by atoms with Gasteiger partial charge in [0.2, 0.25) is 0 Å². The number of methoxy groups -OCH3 is 1. The Balaban J connectivity index is 2.16. The molecule has 0 saturated carbocycles. The molecule has 32 heavy (non-hydrogen) atoms. The molecule has 0 amide bonds. The molecule has 0 heterocycles. The zero-order valence-electron chi connectivity index (χ0n) is 20.3. The Hall–Kier alpha value is -2.77. The molecule has 0 unspecified atom stereocenters. The van der Waals surface area contributed by atoms with Crippen LogP contribution in [0.3, 0.4) is 0 Å². The van der Waals surface area contributed by atoms with E-state index in [2.05, 4.69) is 58.6 Å². The van der Waals surface area contributed by atoms with E-state index in [1.807, 2.05) is 18.2 Å². The first kappa shape index (κ1) is 23.9. The van der Waals surface area contributed by atoms with Crippen LogP contribution in [0.2, 0.25) is 0 Å². The van der Waals surface area contributed by atoms with E-state index in [1.54, 1.807) is 14.0 Å². The topological polar surface area (TPSA) is 44.8 Å². The van der Waals surface area contributed by atoms with E-state index in [-0.39, 0.29) is 17.6 Å². The van der Waals surface area contributed by atoms with Crippen LogP contribution < -0.4 is 4.74 Å². The average molecular weight is 435 g/mol. The summed E-state index contributed by atoms with van der Waals surface area (Å²) >= 11 is 0. The van der Waals surface area contributed by atoms with Gasteiger partial charge in [-0.15, -0.1) is 0 Å². The highest BCUT2D eigenvalue weighted by Crippen LogP contribution is 2.48. The summed E-state index contributed by atoms with van der Waals surface area (Å²) in [7, 11) is 1.60. The van der Waals surface area contributed by atoms with Gasteiger partial charge in [-0.25, -0.2) is 4.79 Å². The lowest BCUT2D eigenvalue weighted by molar-refractivity contribution is -0.136. The SMILES string of the molecule is CCOC(=O)C#Cc1ccc(OCOC)c(-c2cc3c(cc2C)C(C)(C)CCC3(C)C)c1. The molecule has 3 rings (SSSR count). The predicted molar refractivity (Wildman–Crippen MR) is 128 cm³/mol. The molecule has 0 spiro atoms. The third-order valence-corrected chi connectivity index (χ3v) is 6.38. The number of hydrogen-bond donors (Lipinski definition) is 0. The lowest BCUT2D eigenvalue weighted by atomic mass is 9.62. The van der Waals surface area contributed by atoms with Crippen molar-refractivity contribution in [1.82, 2.24) is 0 Å². The lowest BCUT2D eigenvalue weighted by Gasteiger charge is -2.42. The van der Waals surface area contributed by atoms with Gasteiger partial charge in [-0.2, -0.15) is 0 Å². The fraction of sp³-hybridized carbons (Fsp3) is 0.464. The minimum absolute atomic E-state index is 0.0994. The van der Waals surface area contributed by atoms with Gasteiger partial charge in [0, 0.05) is 24.2 Å². The summed E-state index contributed by atoms with van der Waals surface area (Å²) in [5.41, 5.74) is 7.03. The van der Waals surface area contributed by atoms with Crippen molar-refractivity contribution < 1.29 is 19.0 Å². The van der Waals surface area contributed by atoms with E-state index in [0.717, 1.165) is 28.9 Å². The van der Waals surface area contributed by atoms with Crippen LogP contribution in [0.4, 0.5) is 0 Å². The molecule has 0 aromatic heterocycles. The monoisotopic (exact) mass is 434 g/mol. The van der Waals surface area contributed by atoms with Crippen LogP contribution in [0.5, 0.6) is 5.75 Å². The van der Waals surface area contributed by atoms with Gasteiger partial charge in [0.1, 0.15) is 5.75 Å². The lowest BCUT2D eigenvalue weighted by Crippen LogP contribution is -2.34. The zero-order chi connectivity index (χ0) is 23.5. The van der Waals surface area contributed by atoms with Crippen LogP contribution in [-0.2, 0) is 25.1 Å². The molecule has 0 fully saturated rings. The second-order valence-corrected chi connectivity index (χ2v) is 9.71. The van der Waals surface area contributed by atoms with Crippen molar-refractivity contribution in [3.63, 3.8) is 0 Å². The third kappa shape index (κ3) is 5.00. The van der Waals surface area contributed by atoms with Crippen LogP contribution in [0.1, 0.15) is 69.7 Å². The molecular formula is C28H34O4. The van der Waals surface area contributed by atoms with Gasteiger partial charge in [-0.05, 0) is 84.0 Å². The minimum atomic E-state index is -0.525. The molecule has 1 aliphatic rings. The smallest absolute Gasteiger partial charge is 0.384 e.